The van der Waals surface area contributed by atoms with Crippen LogP contribution in [0.25, 0.3) is 0 Å². The molecular formula is I2OW. The van der Waals surface area contributed by atoms with Crippen molar-refractivity contribution in [3.8, 4) is 0 Å². The zero-order valence-electron chi connectivity index (χ0n) is 1.57. The average molecular weight is 454 g/mol. The van der Waals surface area contributed by atoms with Crippen molar-refractivity contribution < 1.29 is 13.3 Å². The molecule has 0 fully saturated rings. The van der Waals surface area contributed by atoms with Gasteiger partial charge in [0.1, 0.15) is 0 Å². The quantitative estimate of drug-likeness (QED) is 0.510. The Morgan fingerprint density at radius 3 is 1.50 bits per heavy atom. The Morgan fingerprint density at radius 1 is 1.50 bits per heavy atom. The van der Waals surface area contributed by atoms with E-state index in [0.29, 0.717) is 0 Å². The second-order valence-electron chi connectivity index (χ2n) is 0.184. The van der Waals surface area contributed by atoms with E-state index in [1.807, 2.05) is 38.7 Å². The van der Waals surface area contributed by atoms with Crippen molar-refractivity contribution in [2.75, 3.05) is 0 Å². The monoisotopic (exact) mass is 454 g/mol. The third-order valence-corrected chi connectivity index (χ3v) is 0. The molecule has 0 spiro atoms. The Kier molecular flexibility index (Phi) is 4.68. The molecule has 0 aliphatic carbocycles. The molecule has 0 amide bonds. The summed E-state index contributed by atoms with van der Waals surface area (Å²) in [4.78, 5) is 0. The summed E-state index contributed by atoms with van der Waals surface area (Å²) in [6.45, 7) is 0. The van der Waals surface area contributed by atoms with E-state index in [9.17, 15) is 3.40 Å². The van der Waals surface area contributed by atoms with Crippen LogP contribution in [0.2, 0.25) is 0 Å². The van der Waals surface area contributed by atoms with Crippen LogP contribution in [0.4, 0.5) is 0 Å². The van der Waals surface area contributed by atoms with Gasteiger partial charge in [-0.15, -0.1) is 0 Å². The van der Waals surface area contributed by atoms with E-state index in [1.54, 1.807) is 0 Å². The van der Waals surface area contributed by atoms with Crippen molar-refractivity contribution in [3.63, 3.8) is 0 Å². The van der Waals surface area contributed by atoms with Gasteiger partial charge in [-0.1, -0.05) is 0 Å². The van der Waals surface area contributed by atoms with Crippen LogP contribution in [0.3, 0.4) is 0 Å². The first kappa shape index (κ1) is 5.95. The van der Waals surface area contributed by atoms with E-state index < -0.39 is 9.91 Å². The van der Waals surface area contributed by atoms with Crippen molar-refractivity contribution in [1.82, 2.24) is 0 Å². The molecule has 1 nitrogen and oxygen atoms in total. The Hall–Kier alpha value is 1.95. The maximum atomic E-state index is 9.70. The Balaban J connectivity index is 2.80. The minimum absolute atomic E-state index is 1.84. The molecular weight excluding hydrogens is 454 g/mol. The molecule has 4 heteroatoms. The first-order chi connectivity index (χ1) is 1.73. The first-order valence-corrected chi connectivity index (χ1v) is 18.3. The van der Waals surface area contributed by atoms with Crippen molar-refractivity contribution in [3.05, 3.63) is 0 Å². The van der Waals surface area contributed by atoms with Gasteiger partial charge >= 0.3 is 52.0 Å². The third-order valence-electron chi connectivity index (χ3n) is 0. The van der Waals surface area contributed by atoms with Crippen molar-refractivity contribution in [1.29, 1.82) is 0 Å². The Morgan fingerprint density at radius 2 is 1.50 bits per heavy atom. The van der Waals surface area contributed by atoms with Gasteiger partial charge < -0.3 is 0 Å². The summed E-state index contributed by atoms with van der Waals surface area (Å²) in [6, 6.07) is 0. The van der Waals surface area contributed by atoms with Crippen LogP contribution in [0, 0.1) is 0 Å². The van der Waals surface area contributed by atoms with E-state index >= 15 is 0 Å². The van der Waals surface area contributed by atoms with Gasteiger partial charge in [0.25, 0.3) is 0 Å². The zero-order chi connectivity index (χ0) is 3.58. The minimum atomic E-state index is -1.84. The molecule has 0 aliphatic heterocycles. The van der Waals surface area contributed by atoms with Crippen LogP contribution >= 0.6 is 38.7 Å². The number of halogens is 2. The van der Waals surface area contributed by atoms with Crippen LogP contribution in [0.5, 0.6) is 0 Å². The second-order valence-corrected chi connectivity index (χ2v) is 28.4. The predicted octanol–water partition coefficient (Wildman–Crippen LogP) is 1.65. The van der Waals surface area contributed by atoms with E-state index in [1.165, 1.54) is 0 Å². The molecule has 0 atom stereocenters. The van der Waals surface area contributed by atoms with Crippen LogP contribution in [0.15, 0.2) is 0 Å². The van der Waals surface area contributed by atoms with Crippen LogP contribution in [-0.2, 0) is 13.3 Å². The molecule has 0 aliphatic rings. The second kappa shape index (κ2) is 3.15. The molecule has 0 aromatic carbocycles. The Labute approximate surface area is 51.0 Å². The summed E-state index contributed by atoms with van der Waals surface area (Å²) in [6.07, 6.45) is 0. The molecule has 0 rings (SSSR count). The topological polar surface area (TPSA) is 17.1 Å². The van der Waals surface area contributed by atoms with Gasteiger partial charge in [-0.25, -0.2) is 0 Å². The molecule has 26 valence electrons. The van der Waals surface area contributed by atoms with Gasteiger partial charge in [-0.05, 0) is 0 Å². The van der Waals surface area contributed by atoms with Crippen LogP contribution in [0.1, 0.15) is 0 Å². The van der Waals surface area contributed by atoms with E-state index in [4.69, 9.17) is 0 Å². The van der Waals surface area contributed by atoms with E-state index in [2.05, 4.69) is 0 Å². The molecule has 0 heterocycles. The Bertz CT molecular complexity index is 29.0. The number of rotatable bonds is 0. The summed E-state index contributed by atoms with van der Waals surface area (Å²) in [5, 5.41) is 0. The summed E-state index contributed by atoms with van der Waals surface area (Å²) in [7, 11) is -1.84. The number of hydrogen-bond donors (Lipinski definition) is 0. The molecule has 0 bridgehead atoms. The molecule has 0 radical (unpaired) electrons. The standard InChI is InChI=1S/2HI.O.W/h2*1H;;/q;;;+2/p-2. The predicted molar refractivity (Wildman–Crippen MR) is 28.7 cm³/mol. The molecule has 4 heavy (non-hydrogen) atoms. The van der Waals surface area contributed by atoms with Gasteiger partial charge in [-0.2, -0.15) is 0 Å². The summed E-state index contributed by atoms with van der Waals surface area (Å²) >= 11 is 3.94. The first-order valence-electron chi connectivity index (χ1n) is 0.475. The molecule has 0 saturated heterocycles. The van der Waals surface area contributed by atoms with E-state index in [-0.39, 0.29) is 0 Å². The normalized spacial score (nSPS) is 8.75. The van der Waals surface area contributed by atoms with Crippen molar-refractivity contribution in [2.24, 2.45) is 0 Å². The fraction of sp³-hybridized carbons (Fsp3) is 0. The number of hydrogen-bond acceptors (Lipinski definition) is 1. The third kappa shape index (κ3) is 9.04. The summed E-state index contributed by atoms with van der Waals surface area (Å²) in [5.41, 5.74) is 0. The van der Waals surface area contributed by atoms with Gasteiger partial charge in [0.2, 0.25) is 0 Å². The molecule has 0 aromatic rings. The van der Waals surface area contributed by atoms with Gasteiger partial charge in [0, 0.05) is 0 Å². The average Bonchev–Trinajstić information content (AvgIpc) is 0.811. The molecule has 0 N–H and O–H groups in total. The van der Waals surface area contributed by atoms with Crippen molar-refractivity contribution in [2.45, 2.75) is 0 Å². The molecule has 0 unspecified atom stereocenters. The van der Waals surface area contributed by atoms with E-state index in [0.717, 1.165) is 0 Å². The molecule has 0 aromatic heterocycles. The summed E-state index contributed by atoms with van der Waals surface area (Å²) in [5.74, 6) is 0. The maximum absolute atomic E-state index is 9.70. The fourth-order valence-corrected chi connectivity index (χ4v) is 0. The van der Waals surface area contributed by atoms with Gasteiger partial charge in [0.15, 0.2) is 0 Å². The van der Waals surface area contributed by atoms with Crippen LogP contribution < -0.4 is 0 Å². The van der Waals surface area contributed by atoms with Crippen LogP contribution in [-0.4, -0.2) is 0 Å². The SMILES string of the molecule is [O]=[W]([I])[I]. The zero-order valence-corrected chi connectivity index (χ0v) is 8.82. The van der Waals surface area contributed by atoms with Gasteiger partial charge in [0.05, 0.1) is 0 Å². The summed E-state index contributed by atoms with van der Waals surface area (Å²) < 4.78 is 9.70. The van der Waals surface area contributed by atoms with Crippen molar-refractivity contribution >= 4 is 38.7 Å². The van der Waals surface area contributed by atoms with Gasteiger partial charge in [-0.3, -0.25) is 0 Å². The molecule has 0 saturated carbocycles. The fourth-order valence-electron chi connectivity index (χ4n) is 0.